The zero-order chi connectivity index (χ0) is 11.7. The summed E-state index contributed by atoms with van der Waals surface area (Å²) in [5.41, 5.74) is -0.300. The number of nitrogens with zero attached hydrogens (tertiary/aromatic N) is 1. The van der Waals surface area contributed by atoms with Gasteiger partial charge in [-0.2, -0.15) is 0 Å². The minimum absolute atomic E-state index is 0.268. The molecule has 1 aliphatic heterocycles. The number of halogens is 2. The number of anilines is 1. The summed E-state index contributed by atoms with van der Waals surface area (Å²) in [6, 6.07) is 2.29. The van der Waals surface area contributed by atoms with Crippen LogP contribution < -0.4 is 4.90 Å². The van der Waals surface area contributed by atoms with E-state index in [9.17, 15) is 13.6 Å². The Bertz CT molecular complexity index is 428. The van der Waals surface area contributed by atoms with Gasteiger partial charge in [0.2, 0.25) is 0 Å². The monoisotopic (exact) mass is 227 g/mol. The van der Waals surface area contributed by atoms with Crippen LogP contribution in [-0.2, 0) is 0 Å². The summed E-state index contributed by atoms with van der Waals surface area (Å²) < 4.78 is 26.3. The van der Waals surface area contributed by atoms with E-state index >= 15 is 0 Å². The molecule has 0 spiro atoms. The molecule has 1 fully saturated rings. The summed E-state index contributed by atoms with van der Waals surface area (Å²) in [5, 5.41) is 8.90. The van der Waals surface area contributed by atoms with Gasteiger partial charge in [-0.25, -0.2) is 13.6 Å². The summed E-state index contributed by atoms with van der Waals surface area (Å²) in [7, 11) is 0. The Morgan fingerprint density at radius 2 is 1.88 bits per heavy atom. The number of carbonyl (C=O) groups is 1. The molecule has 0 saturated carbocycles. The lowest BCUT2D eigenvalue weighted by atomic mass is 10.1. The third-order valence-electron chi connectivity index (χ3n) is 2.73. The van der Waals surface area contributed by atoms with E-state index in [-0.39, 0.29) is 5.69 Å². The van der Waals surface area contributed by atoms with Crippen LogP contribution in [0.3, 0.4) is 0 Å². The molecule has 0 amide bonds. The van der Waals surface area contributed by atoms with Gasteiger partial charge in [0, 0.05) is 13.1 Å². The van der Waals surface area contributed by atoms with E-state index in [4.69, 9.17) is 5.11 Å². The fourth-order valence-electron chi connectivity index (χ4n) is 1.97. The van der Waals surface area contributed by atoms with Gasteiger partial charge in [-0.3, -0.25) is 0 Å². The Kier molecular flexibility index (Phi) is 2.77. The second-order valence-electron chi connectivity index (χ2n) is 3.75. The predicted molar refractivity (Wildman–Crippen MR) is 54.8 cm³/mol. The molecule has 0 radical (unpaired) electrons. The predicted octanol–water partition coefficient (Wildman–Crippen LogP) is 2.26. The SMILES string of the molecule is O=C(O)c1c(N2CCCC2)ccc(F)c1F. The van der Waals surface area contributed by atoms with Crippen LogP contribution in [0.2, 0.25) is 0 Å². The minimum Gasteiger partial charge on any atom is -0.478 e. The Balaban J connectivity index is 2.51. The fourth-order valence-corrected chi connectivity index (χ4v) is 1.97. The highest BCUT2D eigenvalue weighted by molar-refractivity contribution is 5.94. The molecule has 1 heterocycles. The standard InChI is InChI=1S/C11H11F2NO2/c12-7-3-4-8(14-5-1-2-6-14)9(10(7)13)11(15)16/h3-4H,1-2,5-6H2,(H,15,16). The average Bonchev–Trinajstić information content (AvgIpc) is 2.74. The largest absolute Gasteiger partial charge is 0.478 e. The molecule has 1 saturated heterocycles. The molecule has 1 aromatic carbocycles. The van der Waals surface area contributed by atoms with Crippen LogP contribution >= 0.6 is 0 Å². The van der Waals surface area contributed by atoms with E-state index in [1.54, 1.807) is 4.90 Å². The van der Waals surface area contributed by atoms with Gasteiger partial charge in [0.1, 0.15) is 5.56 Å². The summed E-state index contributed by atoms with van der Waals surface area (Å²) in [6.07, 6.45) is 1.89. The molecule has 3 nitrogen and oxygen atoms in total. The topological polar surface area (TPSA) is 40.5 Å². The minimum atomic E-state index is -1.43. The number of benzene rings is 1. The van der Waals surface area contributed by atoms with Gasteiger partial charge in [0.25, 0.3) is 0 Å². The van der Waals surface area contributed by atoms with Crippen molar-refractivity contribution in [2.24, 2.45) is 0 Å². The molecule has 2 rings (SSSR count). The fraction of sp³-hybridized carbons (Fsp3) is 0.364. The van der Waals surface area contributed by atoms with E-state index in [1.165, 1.54) is 6.07 Å². The molecule has 0 aromatic heterocycles. The molecule has 16 heavy (non-hydrogen) atoms. The molecule has 0 unspecified atom stereocenters. The summed E-state index contributed by atoms with van der Waals surface area (Å²) in [6.45, 7) is 1.37. The first kappa shape index (κ1) is 10.9. The molecule has 1 aromatic rings. The van der Waals surface area contributed by atoms with Crippen molar-refractivity contribution < 1.29 is 18.7 Å². The molecule has 1 aliphatic rings. The van der Waals surface area contributed by atoms with Gasteiger partial charge in [0.15, 0.2) is 11.6 Å². The number of rotatable bonds is 2. The maximum absolute atomic E-state index is 13.4. The lowest BCUT2D eigenvalue weighted by molar-refractivity contribution is 0.0691. The van der Waals surface area contributed by atoms with Crippen molar-refractivity contribution in [3.8, 4) is 0 Å². The zero-order valence-corrected chi connectivity index (χ0v) is 8.54. The van der Waals surface area contributed by atoms with Crippen LogP contribution in [0.4, 0.5) is 14.5 Å². The van der Waals surface area contributed by atoms with E-state index < -0.39 is 23.2 Å². The third-order valence-corrected chi connectivity index (χ3v) is 2.73. The van der Waals surface area contributed by atoms with Crippen molar-refractivity contribution in [3.63, 3.8) is 0 Å². The second kappa shape index (κ2) is 4.08. The van der Waals surface area contributed by atoms with Gasteiger partial charge in [-0.1, -0.05) is 0 Å². The third kappa shape index (κ3) is 1.73. The first-order valence-electron chi connectivity index (χ1n) is 5.07. The Hall–Kier alpha value is -1.65. The maximum Gasteiger partial charge on any atom is 0.340 e. The van der Waals surface area contributed by atoms with E-state index in [0.717, 1.165) is 18.9 Å². The summed E-state index contributed by atoms with van der Waals surface area (Å²) in [4.78, 5) is 12.7. The van der Waals surface area contributed by atoms with Crippen molar-refractivity contribution in [2.75, 3.05) is 18.0 Å². The van der Waals surface area contributed by atoms with Crippen LogP contribution in [-0.4, -0.2) is 24.2 Å². The van der Waals surface area contributed by atoms with Gasteiger partial charge in [0.05, 0.1) is 5.69 Å². The number of aromatic carboxylic acids is 1. The second-order valence-corrected chi connectivity index (χ2v) is 3.75. The van der Waals surface area contributed by atoms with Crippen molar-refractivity contribution in [1.82, 2.24) is 0 Å². The lowest BCUT2D eigenvalue weighted by Gasteiger charge is -2.20. The summed E-state index contributed by atoms with van der Waals surface area (Å²) in [5.74, 6) is -3.84. The molecule has 86 valence electrons. The van der Waals surface area contributed by atoms with Gasteiger partial charge in [-0.15, -0.1) is 0 Å². The molecular formula is C11H11F2NO2. The van der Waals surface area contributed by atoms with Crippen LogP contribution in [0.25, 0.3) is 0 Å². The van der Waals surface area contributed by atoms with Crippen LogP contribution in [0, 0.1) is 11.6 Å². The molecule has 5 heteroatoms. The molecule has 0 atom stereocenters. The summed E-state index contributed by atoms with van der Waals surface area (Å²) >= 11 is 0. The molecule has 0 aliphatic carbocycles. The lowest BCUT2D eigenvalue weighted by Crippen LogP contribution is -2.21. The first-order valence-corrected chi connectivity index (χ1v) is 5.07. The Morgan fingerprint density at radius 1 is 1.25 bits per heavy atom. The van der Waals surface area contributed by atoms with Crippen LogP contribution in [0.5, 0.6) is 0 Å². The quantitative estimate of drug-likeness (QED) is 0.842. The Labute approximate surface area is 91.3 Å². The van der Waals surface area contributed by atoms with Gasteiger partial charge in [-0.05, 0) is 25.0 Å². The molecule has 0 bridgehead atoms. The highest BCUT2D eigenvalue weighted by Gasteiger charge is 2.24. The highest BCUT2D eigenvalue weighted by Crippen LogP contribution is 2.28. The maximum atomic E-state index is 13.4. The Morgan fingerprint density at radius 3 is 2.44 bits per heavy atom. The normalized spacial score (nSPS) is 15.5. The number of carboxylic acid groups (broad SMARTS) is 1. The van der Waals surface area contributed by atoms with Crippen molar-refractivity contribution in [1.29, 1.82) is 0 Å². The van der Waals surface area contributed by atoms with Crippen molar-refractivity contribution >= 4 is 11.7 Å². The van der Waals surface area contributed by atoms with Crippen LogP contribution in [0.1, 0.15) is 23.2 Å². The van der Waals surface area contributed by atoms with Gasteiger partial charge < -0.3 is 10.0 Å². The van der Waals surface area contributed by atoms with Crippen molar-refractivity contribution in [2.45, 2.75) is 12.8 Å². The van der Waals surface area contributed by atoms with E-state index in [0.29, 0.717) is 13.1 Å². The number of hydrogen-bond acceptors (Lipinski definition) is 2. The zero-order valence-electron chi connectivity index (χ0n) is 8.54. The van der Waals surface area contributed by atoms with Gasteiger partial charge >= 0.3 is 5.97 Å². The molecular weight excluding hydrogens is 216 g/mol. The molecule has 1 N–H and O–H groups in total. The van der Waals surface area contributed by atoms with Crippen molar-refractivity contribution in [3.05, 3.63) is 29.3 Å². The number of carboxylic acids is 1. The number of hydrogen-bond donors (Lipinski definition) is 1. The van der Waals surface area contributed by atoms with E-state index in [2.05, 4.69) is 0 Å². The average molecular weight is 227 g/mol. The first-order chi connectivity index (χ1) is 7.61. The van der Waals surface area contributed by atoms with Crippen LogP contribution in [0.15, 0.2) is 12.1 Å². The smallest absolute Gasteiger partial charge is 0.340 e. The van der Waals surface area contributed by atoms with E-state index in [1.807, 2.05) is 0 Å². The highest BCUT2D eigenvalue weighted by atomic mass is 19.2.